The molecule has 0 aliphatic carbocycles. The number of aryl methyl sites for hydroxylation is 4. The fourth-order valence-electron chi connectivity index (χ4n) is 5.22. The fourth-order valence-corrected chi connectivity index (χ4v) is 7.00. The molecule has 6 N–H and O–H groups in total. The fraction of sp³-hybridized carbons (Fsp3) is 0.377. The molecule has 1 unspecified atom stereocenters. The summed E-state index contributed by atoms with van der Waals surface area (Å²) < 4.78 is 0. The van der Waals surface area contributed by atoms with Crippen LogP contribution in [0.2, 0.25) is 31.9 Å². The smallest absolute Gasteiger partial charge is 0.137 e. The van der Waals surface area contributed by atoms with Crippen LogP contribution in [0.5, 0.6) is 0 Å². The zero-order chi connectivity index (χ0) is 50.5. The highest BCUT2D eigenvalue weighted by atomic mass is 79.9. The van der Waals surface area contributed by atoms with Gasteiger partial charge in [0.1, 0.15) is 17.3 Å². The molecule has 68 heavy (non-hydrogen) atoms. The number of nitrogens with two attached hydrogens (primary N) is 3. The molecule has 6 nitrogen and oxygen atoms in total. The molecule has 0 aromatic heterocycles. The van der Waals surface area contributed by atoms with E-state index in [2.05, 4.69) is 23.8 Å². The van der Waals surface area contributed by atoms with Crippen LogP contribution >= 0.6 is 98.7 Å². The van der Waals surface area contributed by atoms with Gasteiger partial charge in [-0.1, -0.05) is 172 Å². The van der Waals surface area contributed by atoms with Gasteiger partial charge in [-0.05, 0) is 145 Å². The van der Waals surface area contributed by atoms with Crippen molar-refractivity contribution in [3.05, 3.63) is 174 Å². The summed E-state index contributed by atoms with van der Waals surface area (Å²) in [4.78, 5) is 30.8. The standard InChI is InChI=1S/3C10H14ClN.C10H11ClO.C7H6BrCl.C5H8O2.CH3B.2ClH/c4*1-8(12)6-7-9-4-2-3-5-10(9)11;8-5-6-3-1-2-4-7(6)9;1-4(6)3-5(2)7;1-2;;/h3*2-5,8H,6-7,12H2,1H3;2-5H,6-7H2,1H3;1-4H,5H2;3H2,1-2H3;1H3;2*1H/t2*8-;;;;;;;/m00......./s1. The summed E-state index contributed by atoms with van der Waals surface area (Å²) in [7, 11) is 4.50. The minimum Gasteiger partial charge on any atom is -0.328 e. The lowest BCUT2D eigenvalue weighted by atomic mass is 10.1. The Balaban J connectivity index is -0.000000359. The average molecular weight is 1140 g/mol. The summed E-state index contributed by atoms with van der Waals surface area (Å²) >= 11 is 32.9. The first-order valence-corrected chi connectivity index (χ1v) is 24.8. The van der Waals surface area contributed by atoms with E-state index in [4.69, 9.17) is 75.2 Å². The topological polar surface area (TPSA) is 129 Å². The summed E-state index contributed by atoms with van der Waals surface area (Å²) in [6.07, 6.45) is 7.28. The van der Waals surface area contributed by atoms with E-state index in [0.29, 0.717) is 6.42 Å². The average Bonchev–Trinajstić information content (AvgIpc) is 3.27. The Kier molecular flexibility index (Phi) is 48.4. The van der Waals surface area contributed by atoms with E-state index < -0.39 is 0 Å². The predicted molar refractivity (Wildman–Crippen MR) is 307 cm³/mol. The van der Waals surface area contributed by atoms with Gasteiger partial charge in [0.15, 0.2) is 0 Å². The molecule has 0 amide bonds. The molecule has 0 spiro atoms. The Morgan fingerprint density at radius 1 is 0.441 bits per heavy atom. The monoisotopic (exact) mass is 1130 g/mol. The molecule has 5 rings (SSSR count). The highest BCUT2D eigenvalue weighted by Gasteiger charge is 2.03. The zero-order valence-corrected chi connectivity index (χ0v) is 47.5. The van der Waals surface area contributed by atoms with Crippen molar-refractivity contribution >= 4 is 124 Å². The molecule has 0 heterocycles. The van der Waals surface area contributed by atoms with E-state index in [1.54, 1.807) is 6.92 Å². The molecule has 376 valence electrons. The Hall–Kier alpha value is -2.44. The second kappa shape index (κ2) is 45.7. The first-order chi connectivity index (χ1) is 31.3. The first-order valence-electron chi connectivity index (χ1n) is 21.8. The molecule has 2 radical (unpaired) electrons. The van der Waals surface area contributed by atoms with E-state index in [0.717, 1.165) is 86.5 Å². The summed E-state index contributed by atoms with van der Waals surface area (Å²) in [6.45, 7) is 11.9. The quantitative estimate of drug-likeness (QED) is 0.0544. The van der Waals surface area contributed by atoms with Crippen molar-refractivity contribution in [2.75, 3.05) is 0 Å². The summed E-state index contributed by atoms with van der Waals surface area (Å²) in [5.74, 6) is 0.0786. The second-order valence-electron chi connectivity index (χ2n) is 15.4. The zero-order valence-electron chi connectivity index (χ0n) is 40.5. The van der Waals surface area contributed by atoms with Gasteiger partial charge in [-0.25, -0.2) is 0 Å². The molecule has 5 aromatic rings. The molecular weight excluding hydrogens is 1070 g/mol. The van der Waals surface area contributed by atoms with Crippen molar-refractivity contribution < 1.29 is 14.4 Å². The van der Waals surface area contributed by atoms with E-state index in [1.807, 2.05) is 142 Å². The minimum atomic E-state index is -0.0625. The summed E-state index contributed by atoms with van der Waals surface area (Å²) in [5, 5.41) is 4.94. The van der Waals surface area contributed by atoms with Gasteiger partial charge in [-0.2, -0.15) is 0 Å². The number of hydrogen-bond donors (Lipinski definition) is 3. The van der Waals surface area contributed by atoms with E-state index in [9.17, 15) is 14.4 Å². The third-order valence-corrected chi connectivity index (χ3v) is 11.2. The molecule has 0 aliphatic rings. The number of hydrogen-bond acceptors (Lipinski definition) is 6. The largest absolute Gasteiger partial charge is 0.328 e. The van der Waals surface area contributed by atoms with E-state index in [1.165, 1.54) is 37.4 Å². The van der Waals surface area contributed by atoms with Crippen molar-refractivity contribution in [1.82, 2.24) is 0 Å². The molecule has 0 fully saturated rings. The van der Waals surface area contributed by atoms with Crippen LogP contribution in [-0.4, -0.2) is 43.3 Å². The molecular formula is C53H72BBrCl7N3O3. The molecule has 0 saturated carbocycles. The lowest BCUT2D eigenvalue weighted by molar-refractivity contribution is -0.124. The summed E-state index contributed by atoms with van der Waals surface area (Å²) in [5.41, 5.74) is 22.7. The van der Waals surface area contributed by atoms with E-state index in [-0.39, 0.29) is 66.7 Å². The van der Waals surface area contributed by atoms with Crippen LogP contribution in [0, 0.1) is 0 Å². The maximum Gasteiger partial charge on any atom is 0.137 e. The summed E-state index contributed by atoms with van der Waals surface area (Å²) in [6, 6.07) is 39.9. The van der Waals surface area contributed by atoms with Crippen LogP contribution < -0.4 is 17.2 Å². The Morgan fingerprint density at radius 2 is 0.662 bits per heavy atom. The van der Waals surface area contributed by atoms with Crippen LogP contribution in [0.4, 0.5) is 0 Å². The predicted octanol–water partition coefficient (Wildman–Crippen LogP) is 15.6. The number of carbonyl (C=O) groups excluding carboxylic acids is 3. The maximum atomic E-state index is 10.7. The molecule has 0 saturated heterocycles. The van der Waals surface area contributed by atoms with Crippen LogP contribution in [0.25, 0.3) is 0 Å². The normalized spacial score (nSPS) is 10.8. The second-order valence-corrected chi connectivity index (χ2v) is 18.0. The Bertz CT molecular complexity index is 1940. The lowest BCUT2D eigenvalue weighted by Crippen LogP contribution is -2.15. The van der Waals surface area contributed by atoms with Crippen molar-refractivity contribution in [3.63, 3.8) is 0 Å². The van der Waals surface area contributed by atoms with E-state index >= 15 is 0 Å². The van der Waals surface area contributed by atoms with Crippen LogP contribution in [-0.2, 0) is 45.4 Å². The highest BCUT2D eigenvalue weighted by Crippen LogP contribution is 2.20. The van der Waals surface area contributed by atoms with Gasteiger partial charge < -0.3 is 22.0 Å². The SMILES string of the molecule is CC(=O)CC(C)=O.CC(=O)CCc1ccccc1Cl.CC(N)CCc1ccccc1Cl.C[C@H](N)CCc1ccccc1Cl.C[C@H](N)CCc1ccccc1Cl.Cl.Cl.Clc1ccccc1CBr.[B]C. The van der Waals surface area contributed by atoms with Gasteiger partial charge in [0.05, 0.1) is 14.3 Å². The lowest BCUT2D eigenvalue weighted by Gasteiger charge is -2.05. The maximum absolute atomic E-state index is 10.7. The van der Waals surface area contributed by atoms with Crippen molar-refractivity contribution in [2.24, 2.45) is 17.2 Å². The number of Topliss-reactive ketones (excluding diaryl/α,β-unsaturated/α-hetero) is 3. The molecule has 0 bridgehead atoms. The van der Waals surface area contributed by atoms with Crippen molar-refractivity contribution in [3.8, 4) is 0 Å². The Morgan fingerprint density at radius 3 is 0.824 bits per heavy atom. The molecule has 3 atom stereocenters. The number of carbonyl (C=O) groups is 3. The highest BCUT2D eigenvalue weighted by molar-refractivity contribution is 9.08. The van der Waals surface area contributed by atoms with Gasteiger partial charge in [-0.3, -0.25) is 9.59 Å². The molecule has 15 heteroatoms. The van der Waals surface area contributed by atoms with Crippen molar-refractivity contribution in [2.45, 2.75) is 130 Å². The molecule has 0 aliphatic heterocycles. The third-order valence-electron chi connectivity index (χ3n) is 8.78. The van der Waals surface area contributed by atoms with Crippen LogP contribution in [0.15, 0.2) is 121 Å². The van der Waals surface area contributed by atoms with Gasteiger partial charge in [0.2, 0.25) is 0 Å². The van der Waals surface area contributed by atoms with Gasteiger partial charge in [-0.15, -0.1) is 24.8 Å². The van der Waals surface area contributed by atoms with Crippen molar-refractivity contribution in [1.29, 1.82) is 0 Å². The minimum absolute atomic E-state index is 0. The number of benzene rings is 5. The van der Waals surface area contributed by atoms with Gasteiger partial charge >= 0.3 is 0 Å². The number of alkyl halides is 1. The van der Waals surface area contributed by atoms with Gasteiger partial charge in [0, 0.05) is 55.0 Å². The van der Waals surface area contributed by atoms with Crippen LogP contribution in [0.1, 0.15) is 101 Å². The number of halogens is 8. The van der Waals surface area contributed by atoms with Gasteiger partial charge in [0.25, 0.3) is 0 Å². The first kappa shape index (κ1) is 72.1. The molecule has 5 aromatic carbocycles. The Labute approximate surface area is 455 Å². The number of rotatable bonds is 15. The van der Waals surface area contributed by atoms with Crippen LogP contribution in [0.3, 0.4) is 0 Å². The third kappa shape index (κ3) is 40.3. The number of ketones is 3.